The summed E-state index contributed by atoms with van der Waals surface area (Å²) in [6.07, 6.45) is 8.19. The van der Waals surface area contributed by atoms with Crippen LogP contribution in [0.1, 0.15) is 74.4 Å². The van der Waals surface area contributed by atoms with Gasteiger partial charge in [0.15, 0.2) is 0 Å². The molecule has 1 aromatic heterocycles. The van der Waals surface area contributed by atoms with Crippen LogP contribution in [0.4, 0.5) is 0 Å². The van der Waals surface area contributed by atoms with E-state index in [2.05, 4.69) is 27.3 Å². The molecule has 3 aliphatic rings. The molecule has 2 aliphatic carbocycles. The number of carbonyl (C=O) groups excluding carboxylic acids is 1. The molecule has 3 atom stereocenters. The lowest BCUT2D eigenvalue weighted by Crippen LogP contribution is -2.33. The fraction of sp³-hybridized carbons (Fsp3) is 0.812. The molecule has 0 radical (unpaired) electrons. The molecular formula is C16H24N4O2. The zero-order chi connectivity index (χ0) is 15.1. The number of nitrogens with zero attached hydrogens (tertiary/aromatic N) is 3. The maximum absolute atomic E-state index is 12.0. The minimum atomic E-state index is -0.198. The molecule has 6 nitrogen and oxygen atoms in total. The van der Waals surface area contributed by atoms with Crippen molar-refractivity contribution in [2.45, 2.75) is 70.0 Å². The first kappa shape index (κ1) is 14.2. The summed E-state index contributed by atoms with van der Waals surface area (Å²) in [6.45, 7) is 3.44. The van der Waals surface area contributed by atoms with Gasteiger partial charge in [0.05, 0.1) is 6.04 Å². The molecule has 6 heteroatoms. The van der Waals surface area contributed by atoms with E-state index in [1.807, 2.05) is 0 Å². The lowest BCUT2D eigenvalue weighted by Gasteiger charge is -2.28. The van der Waals surface area contributed by atoms with Crippen LogP contribution in [0.25, 0.3) is 0 Å². The second kappa shape index (κ2) is 5.65. The predicted octanol–water partition coefficient (Wildman–Crippen LogP) is 2.29. The number of rotatable bonds is 4. The Labute approximate surface area is 130 Å². The SMILES string of the molecule is C[C@@H]1CC[C@H](N2CCC[C@H]2c2nc(C(=O)NC3CC3)no2)C1. The average molecular weight is 304 g/mol. The Morgan fingerprint density at radius 2 is 2.14 bits per heavy atom. The molecule has 0 spiro atoms. The summed E-state index contributed by atoms with van der Waals surface area (Å²) >= 11 is 0. The summed E-state index contributed by atoms with van der Waals surface area (Å²) in [5.41, 5.74) is 0. The van der Waals surface area contributed by atoms with E-state index in [1.54, 1.807) is 0 Å². The van der Waals surface area contributed by atoms with E-state index in [4.69, 9.17) is 4.52 Å². The van der Waals surface area contributed by atoms with Crippen LogP contribution in [-0.4, -0.2) is 39.6 Å². The number of likely N-dealkylation sites (tertiary alicyclic amines) is 1. The van der Waals surface area contributed by atoms with Crippen molar-refractivity contribution < 1.29 is 9.32 Å². The normalized spacial score (nSPS) is 32.5. The Balaban J connectivity index is 1.46. The Bertz CT molecular complexity index is 554. The molecule has 120 valence electrons. The quantitative estimate of drug-likeness (QED) is 0.924. The second-order valence-corrected chi connectivity index (χ2v) is 7.17. The van der Waals surface area contributed by atoms with E-state index in [9.17, 15) is 4.79 Å². The maximum Gasteiger partial charge on any atom is 0.292 e. The van der Waals surface area contributed by atoms with Gasteiger partial charge >= 0.3 is 0 Å². The first-order valence-corrected chi connectivity index (χ1v) is 8.61. The summed E-state index contributed by atoms with van der Waals surface area (Å²) < 4.78 is 5.42. The largest absolute Gasteiger partial charge is 0.346 e. The van der Waals surface area contributed by atoms with Gasteiger partial charge in [0.25, 0.3) is 11.7 Å². The second-order valence-electron chi connectivity index (χ2n) is 7.17. The number of carbonyl (C=O) groups is 1. The van der Waals surface area contributed by atoms with E-state index in [1.165, 1.54) is 25.7 Å². The van der Waals surface area contributed by atoms with Gasteiger partial charge in [-0.05, 0) is 57.4 Å². The molecule has 1 aliphatic heterocycles. The zero-order valence-electron chi connectivity index (χ0n) is 13.1. The molecule has 22 heavy (non-hydrogen) atoms. The molecule has 4 rings (SSSR count). The Hall–Kier alpha value is -1.43. The Kier molecular flexibility index (Phi) is 3.64. The molecule has 0 bridgehead atoms. The molecule has 0 aromatic carbocycles. The van der Waals surface area contributed by atoms with Gasteiger partial charge in [0, 0.05) is 12.1 Å². The summed E-state index contributed by atoms with van der Waals surface area (Å²) in [5, 5.41) is 6.80. The number of nitrogens with one attached hydrogen (secondary N) is 1. The molecule has 1 amide bonds. The van der Waals surface area contributed by atoms with E-state index in [0.29, 0.717) is 18.0 Å². The minimum absolute atomic E-state index is 0.188. The fourth-order valence-electron chi connectivity index (χ4n) is 3.91. The summed E-state index contributed by atoms with van der Waals surface area (Å²) in [5.74, 6) is 1.43. The van der Waals surface area contributed by atoms with Gasteiger partial charge in [-0.25, -0.2) is 0 Å². The maximum atomic E-state index is 12.0. The molecule has 0 unspecified atom stereocenters. The number of amides is 1. The first-order chi connectivity index (χ1) is 10.7. The third kappa shape index (κ3) is 2.76. The predicted molar refractivity (Wildman–Crippen MR) is 80.3 cm³/mol. The van der Waals surface area contributed by atoms with Gasteiger partial charge in [-0.1, -0.05) is 12.1 Å². The molecule has 3 fully saturated rings. The molecule has 2 saturated carbocycles. The molecule has 1 saturated heterocycles. The summed E-state index contributed by atoms with van der Waals surface area (Å²) in [6, 6.07) is 1.15. The number of hydrogen-bond acceptors (Lipinski definition) is 5. The highest BCUT2D eigenvalue weighted by Crippen LogP contribution is 2.39. The van der Waals surface area contributed by atoms with Gasteiger partial charge in [0.1, 0.15) is 0 Å². The summed E-state index contributed by atoms with van der Waals surface area (Å²) in [4.78, 5) is 18.9. The lowest BCUT2D eigenvalue weighted by molar-refractivity contribution is 0.0937. The highest BCUT2D eigenvalue weighted by atomic mass is 16.5. The van der Waals surface area contributed by atoms with E-state index in [0.717, 1.165) is 31.7 Å². The van der Waals surface area contributed by atoms with E-state index >= 15 is 0 Å². The van der Waals surface area contributed by atoms with Crippen molar-refractivity contribution >= 4 is 5.91 Å². The van der Waals surface area contributed by atoms with Crippen molar-refractivity contribution in [3.63, 3.8) is 0 Å². The van der Waals surface area contributed by atoms with Crippen LogP contribution in [-0.2, 0) is 0 Å². The van der Waals surface area contributed by atoms with Crippen molar-refractivity contribution in [1.82, 2.24) is 20.4 Å². The van der Waals surface area contributed by atoms with Crippen molar-refractivity contribution in [2.24, 2.45) is 5.92 Å². The highest BCUT2D eigenvalue weighted by Gasteiger charge is 2.38. The standard InChI is InChI=1S/C16H24N4O2/c1-10-4-7-12(9-10)20-8-2-3-13(20)16-18-14(19-22-16)15(21)17-11-5-6-11/h10-13H,2-9H2,1H3,(H,17,21)/t10-,12+,13+/m1/s1. The van der Waals surface area contributed by atoms with Crippen LogP contribution in [0, 0.1) is 5.92 Å². The van der Waals surface area contributed by atoms with E-state index < -0.39 is 0 Å². The Morgan fingerprint density at radius 3 is 2.86 bits per heavy atom. The van der Waals surface area contributed by atoms with Crippen LogP contribution < -0.4 is 5.32 Å². The van der Waals surface area contributed by atoms with Crippen molar-refractivity contribution in [2.75, 3.05) is 6.54 Å². The van der Waals surface area contributed by atoms with Crippen LogP contribution in [0.3, 0.4) is 0 Å². The van der Waals surface area contributed by atoms with Crippen molar-refractivity contribution in [3.05, 3.63) is 11.7 Å². The highest BCUT2D eigenvalue weighted by molar-refractivity contribution is 5.90. The average Bonchev–Trinajstić information content (AvgIpc) is 2.96. The first-order valence-electron chi connectivity index (χ1n) is 8.61. The summed E-state index contributed by atoms with van der Waals surface area (Å²) in [7, 11) is 0. The van der Waals surface area contributed by atoms with E-state index in [-0.39, 0.29) is 17.8 Å². The lowest BCUT2D eigenvalue weighted by atomic mass is 10.1. The van der Waals surface area contributed by atoms with Crippen LogP contribution in [0.5, 0.6) is 0 Å². The fourth-order valence-corrected chi connectivity index (χ4v) is 3.91. The minimum Gasteiger partial charge on any atom is -0.346 e. The zero-order valence-corrected chi connectivity index (χ0v) is 13.1. The molecule has 2 heterocycles. The monoisotopic (exact) mass is 304 g/mol. The van der Waals surface area contributed by atoms with Crippen LogP contribution in [0.2, 0.25) is 0 Å². The van der Waals surface area contributed by atoms with Gasteiger partial charge in [0.2, 0.25) is 5.89 Å². The van der Waals surface area contributed by atoms with Gasteiger partial charge in [-0.3, -0.25) is 9.69 Å². The van der Waals surface area contributed by atoms with Gasteiger partial charge in [-0.2, -0.15) is 4.98 Å². The molecule has 1 N–H and O–H groups in total. The third-order valence-electron chi connectivity index (χ3n) is 5.27. The molecular weight excluding hydrogens is 280 g/mol. The molecule has 1 aromatic rings. The van der Waals surface area contributed by atoms with Gasteiger partial charge in [-0.15, -0.1) is 0 Å². The topological polar surface area (TPSA) is 71.3 Å². The van der Waals surface area contributed by atoms with Crippen LogP contribution >= 0.6 is 0 Å². The Morgan fingerprint density at radius 1 is 1.27 bits per heavy atom. The number of hydrogen-bond donors (Lipinski definition) is 1. The third-order valence-corrected chi connectivity index (χ3v) is 5.27. The van der Waals surface area contributed by atoms with Crippen LogP contribution in [0.15, 0.2) is 4.52 Å². The van der Waals surface area contributed by atoms with Gasteiger partial charge < -0.3 is 9.84 Å². The smallest absolute Gasteiger partial charge is 0.292 e. The number of aromatic nitrogens is 2. The van der Waals surface area contributed by atoms with Crippen molar-refractivity contribution in [1.29, 1.82) is 0 Å². The van der Waals surface area contributed by atoms with Crippen molar-refractivity contribution in [3.8, 4) is 0 Å².